The van der Waals surface area contributed by atoms with Crippen molar-refractivity contribution in [2.45, 2.75) is 50.6 Å². The van der Waals surface area contributed by atoms with Gasteiger partial charge in [-0.1, -0.05) is 30.5 Å². The van der Waals surface area contributed by atoms with Gasteiger partial charge in [0.25, 0.3) is 0 Å². The van der Waals surface area contributed by atoms with Crippen LogP contribution in [0.3, 0.4) is 0 Å². The fourth-order valence-corrected chi connectivity index (χ4v) is 4.58. The molecule has 3 atom stereocenters. The first-order valence-electron chi connectivity index (χ1n) is 8.09. The van der Waals surface area contributed by atoms with Crippen LogP contribution < -0.4 is 10.2 Å². The van der Waals surface area contributed by atoms with Gasteiger partial charge < -0.3 is 10.2 Å². The first kappa shape index (κ1) is 16.1. The van der Waals surface area contributed by atoms with Crippen LogP contribution in [-0.4, -0.2) is 24.5 Å². The van der Waals surface area contributed by atoms with Crippen molar-refractivity contribution in [3.8, 4) is 0 Å². The van der Waals surface area contributed by atoms with Crippen molar-refractivity contribution in [3.63, 3.8) is 0 Å². The summed E-state index contributed by atoms with van der Waals surface area (Å²) in [6, 6.07) is 6.44. The van der Waals surface area contributed by atoms with Gasteiger partial charge >= 0.3 is 0 Å². The number of amides is 1. The van der Waals surface area contributed by atoms with Crippen LogP contribution in [0, 0.1) is 5.92 Å². The number of benzene rings is 1. The number of fused-ring (bicyclic) bond motifs is 2. The van der Waals surface area contributed by atoms with Crippen LogP contribution in [0.4, 0.5) is 5.69 Å². The summed E-state index contributed by atoms with van der Waals surface area (Å²) in [5.74, 6) is 0.944. The minimum Gasteiger partial charge on any atom is -0.310 e. The van der Waals surface area contributed by atoms with Gasteiger partial charge in [-0.05, 0) is 49.3 Å². The molecule has 0 bridgehead atoms. The van der Waals surface area contributed by atoms with E-state index in [2.05, 4.69) is 5.32 Å². The molecule has 120 valence electrons. The summed E-state index contributed by atoms with van der Waals surface area (Å²) in [5.41, 5.74) is 2.15. The number of rotatable bonds is 1. The average molecular weight is 341 g/mol. The van der Waals surface area contributed by atoms with Gasteiger partial charge in [-0.3, -0.25) is 4.79 Å². The Bertz CT molecular complexity index is 564. The van der Waals surface area contributed by atoms with Gasteiger partial charge in [0.15, 0.2) is 0 Å². The normalized spacial score (nSPS) is 29.7. The van der Waals surface area contributed by atoms with Gasteiger partial charge in [0.2, 0.25) is 5.91 Å². The van der Waals surface area contributed by atoms with E-state index in [9.17, 15) is 4.79 Å². The van der Waals surface area contributed by atoms with Gasteiger partial charge in [-0.25, -0.2) is 0 Å². The van der Waals surface area contributed by atoms with Crippen LogP contribution >= 0.6 is 24.0 Å². The standard InChI is InChI=1S/C17H21ClN2O.ClH/c18-13-5-3-7-16-12(13)8-9-20(16)17(21)15-10-11-4-1-2-6-14(11)19-15;/h3,5,7,11,14-15,19H,1-2,4,6,8-10H2;1H. The highest BCUT2D eigenvalue weighted by molar-refractivity contribution is 6.32. The van der Waals surface area contributed by atoms with Gasteiger partial charge in [0, 0.05) is 23.3 Å². The van der Waals surface area contributed by atoms with Crippen LogP contribution in [0.25, 0.3) is 0 Å². The third-order valence-electron chi connectivity index (χ3n) is 5.40. The number of carbonyl (C=O) groups is 1. The minimum absolute atomic E-state index is 0. The molecular weight excluding hydrogens is 319 g/mol. The molecule has 1 saturated carbocycles. The van der Waals surface area contributed by atoms with Gasteiger partial charge in [0.1, 0.15) is 0 Å². The Morgan fingerprint density at radius 1 is 1.27 bits per heavy atom. The summed E-state index contributed by atoms with van der Waals surface area (Å²) in [6.07, 6.45) is 7.03. The Morgan fingerprint density at radius 3 is 2.91 bits per heavy atom. The van der Waals surface area contributed by atoms with Crippen LogP contribution in [0.2, 0.25) is 5.02 Å². The molecule has 2 fully saturated rings. The molecule has 2 aliphatic heterocycles. The number of nitrogens with one attached hydrogen (secondary N) is 1. The van der Waals surface area contributed by atoms with Gasteiger partial charge in [-0.15, -0.1) is 12.4 Å². The predicted octanol–water partition coefficient (Wildman–Crippen LogP) is 3.57. The highest BCUT2D eigenvalue weighted by atomic mass is 35.5. The third-order valence-corrected chi connectivity index (χ3v) is 5.75. The second-order valence-corrected chi connectivity index (χ2v) is 6.99. The summed E-state index contributed by atoms with van der Waals surface area (Å²) in [7, 11) is 0. The summed E-state index contributed by atoms with van der Waals surface area (Å²) in [4.78, 5) is 14.8. The summed E-state index contributed by atoms with van der Waals surface area (Å²) in [5, 5.41) is 4.38. The predicted molar refractivity (Wildman–Crippen MR) is 92.0 cm³/mol. The average Bonchev–Trinajstić information content (AvgIpc) is 3.11. The molecule has 3 nitrogen and oxygen atoms in total. The van der Waals surface area contributed by atoms with E-state index in [4.69, 9.17) is 11.6 Å². The summed E-state index contributed by atoms with van der Waals surface area (Å²) in [6.45, 7) is 0.769. The lowest BCUT2D eigenvalue weighted by atomic mass is 9.85. The smallest absolute Gasteiger partial charge is 0.244 e. The van der Waals surface area contributed by atoms with Crippen LogP contribution in [0.1, 0.15) is 37.7 Å². The van der Waals surface area contributed by atoms with Crippen LogP contribution in [-0.2, 0) is 11.2 Å². The van der Waals surface area contributed by atoms with E-state index in [1.54, 1.807) is 0 Å². The Labute approximate surface area is 142 Å². The maximum absolute atomic E-state index is 12.9. The van der Waals surface area contributed by atoms with E-state index in [0.29, 0.717) is 12.0 Å². The molecule has 1 aromatic carbocycles. The van der Waals surface area contributed by atoms with Crippen molar-refractivity contribution < 1.29 is 4.79 Å². The molecule has 4 rings (SSSR count). The minimum atomic E-state index is 0. The number of nitrogens with zero attached hydrogens (tertiary/aromatic N) is 1. The van der Waals surface area contributed by atoms with Gasteiger partial charge in [-0.2, -0.15) is 0 Å². The Hall–Kier alpha value is -0.770. The van der Waals surface area contributed by atoms with Crippen molar-refractivity contribution in [2.24, 2.45) is 5.92 Å². The van der Waals surface area contributed by atoms with Gasteiger partial charge in [0.05, 0.1) is 6.04 Å². The zero-order valence-electron chi connectivity index (χ0n) is 12.6. The first-order chi connectivity index (χ1) is 10.2. The molecular formula is C17H22Cl2N2O. The molecule has 0 spiro atoms. The Balaban J connectivity index is 0.00000144. The fraction of sp³-hybridized carbons (Fsp3) is 0.588. The topological polar surface area (TPSA) is 32.3 Å². The molecule has 1 amide bonds. The maximum atomic E-state index is 12.9. The second kappa shape index (κ2) is 6.38. The number of hydrogen-bond donors (Lipinski definition) is 1. The molecule has 1 aliphatic carbocycles. The van der Waals surface area contributed by atoms with E-state index in [-0.39, 0.29) is 24.4 Å². The van der Waals surface area contributed by atoms with Crippen molar-refractivity contribution in [2.75, 3.05) is 11.4 Å². The number of anilines is 1. The molecule has 0 radical (unpaired) electrons. The fourth-order valence-electron chi connectivity index (χ4n) is 4.32. The summed E-state index contributed by atoms with van der Waals surface area (Å²) < 4.78 is 0. The molecule has 2 heterocycles. The Morgan fingerprint density at radius 2 is 2.09 bits per heavy atom. The second-order valence-electron chi connectivity index (χ2n) is 6.58. The van der Waals surface area contributed by atoms with Crippen molar-refractivity contribution >= 4 is 35.6 Å². The van der Waals surface area contributed by atoms with Crippen molar-refractivity contribution in [1.82, 2.24) is 5.32 Å². The van der Waals surface area contributed by atoms with Crippen molar-refractivity contribution in [1.29, 1.82) is 0 Å². The lowest BCUT2D eigenvalue weighted by Gasteiger charge is -2.24. The lowest BCUT2D eigenvalue weighted by Crippen LogP contribution is -2.45. The molecule has 1 N–H and O–H groups in total. The largest absolute Gasteiger partial charge is 0.310 e. The highest BCUT2D eigenvalue weighted by Gasteiger charge is 2.41. The number of hydrogen-bond acceptors (Lipinski definition) is 2. The highest BCUT2D eigenvalue weighted by Crippen LogP contribution is 2.37. The van der Waals surface area contributed by atoms with E-state index >= 15 is 0 Å². The molecule has 3 unspecified atom stereocenters. The van der Waals surface area contributed by atoms with Crippen LogP contribution in [0.5, 0.6) is 0 Å². The van der Waals surface area contributed by atoms with E-state index < -0.39 is 0 Å². The number of halogens is 2. The molecule has 5 heteroatoms. The van der Waals surface area contributed by atoms with E-state index in [1.165, 1.54) is 25.7 Å². The molecule has 22 heavy (non-hydrogen) atoms. The molecule has 0 aromatic heterocycles. The number of carbonyl (C=O) groups excluding carboxylic acids is 1. The monoisotopic (exact) mass is 340 g/mol. The molecule has 3 aliphatic rings. The molecule has 1 aromatic rings. The zero-order valence-corrected chi connectivity index (χ0v) is 14.1. The van der Waals surface area contributed by atoms with E-state index in [1.807, 2.05) is 23.1 Å². The first-order valence-corrected chi connectivity index (χ1v) is 8.46. The third kappa shape index (κ3) is 2.64. The Kier molecular flexibility index (Phi) is 4.67. The molecule has 1 saturated heterocycles. The van der Waals surface area contributed by atoms with Crippen molar-refractivity contribution in [3.05, 3.63) is 28.8 Å². The SMILES string of the molecule is Cl.O=C(C1CC2CCCCC2N1)N1CCc2c(Cl)cccc21. The zero-order chi connectivity index (χ0) is 14.4. The van der Waals surface area contributed by atoms with E-state index in [0.717, 1.165) is 35.7 Å². The maximum Gasteiger partial charge on any atom is 0.244 e. The quantitative estimate of drug-likeness (QED) is 0.847. The lowest BCUT2D eigenvalue weighted by molar-refractivity contribution is -0.120. The van der Waals surface area contributed by atoms with Crippen LogP contribution in [0.15, 0.2) is 18.2 Å². The summed E-state index contributed by atoms with van der Waals surface area (Å²) >= 11 is 6.25.